The van der Waals surface area contributed by atoms with E-state index in [4.69, 9.17) is 11.6 Å². The van der Waals surface area contributed by atoms with Crippen LogP contribution in [0.2, 0.25) is 5.15 Å². The predicted octanol–water partition coefficient (Wildman–Crippen LogP) is 1.93. The Balaban J connectivity index is 2.85. The Morgan fingerprint density at radius 2 is 2.29 bits per heavy atom. The van der Waals surface area contributed by atoms with E-state index in [1.807, 2.05) is 0 Å². The molecular weight excluding hydrogens is 251 g/mol. The van der Waals surface area contributed by atoms with Crippen LogP contribution >= 0.6 is 11.6 Å². The molecule has 2 aromatic rings. The minimum Gasteiger partial charge on any atom is -0.358 e. The molecule has 88 valence electrons. The Bertz CT molecular complexity index is 668. The average Bonchev–Trinajstić information content (AvgIpc) is 2.29. The molecule has 2 aromatic heterocycles. The Morgan fingerprint density at radius 3 is 2.94 bits per heavy atom. The van der Waals surface area contributed by atoms with Gasteiger partial charge >= 0.3 is 5.97 Å². The number of aromatic amines is 1. The number of nitrogens with one attached hydrogen (secondary N) is 1. The van der Waals surface area contributed by atoms with Gasteiger partial charge in [0.2, 0.25) is 5.43 Å². The van der Waals surface area contributed by atoms with Crippen LogP contribution in [0.1, 0.15) is 16.1 Å². The molecule has 0 saturated carbocycles. The maximum atomic E-state index is 11.9. The zero-order chi connectivity index (χ0) is 12.6. The predicted molar refractivity (Wildman–Crippen MR) is 58.6 cm³/mol. The summed E-state index contributed by atoms with van der Waals surface area (Å²) >= 11 is 5.83. The topological polar surface area (TPSA) is 72.1 Å². The number of carbonyl (C=O) groups excluding carboxylic acids is 1. The summed E-state index contributed by atoms with van der Waals surface area (Å²) in [5.74, 6) is -1.35. The second kappa shape index (κ2) is 4.14. The fourth-order valence-electron chi connectivity index (χ4n) is 1.50. The second-order valence-electron chi connectivity index (χ2n) is 3.37. The first-order valence-corrected chi connectivity index (χ1v) is 4.94. The summed E-state index contributed by atoms with van der Waals surface area (Å²) in [5.41, 5.74) is -0.285. The molecule has 0 radical (unpaired) electrons. The van der Waals surface area contributed by atoms with Gasteiger partial charge in [-0.2, -0.15) is 0 Å². The van der Waals surface area contributed by atoms with Crippen molar-refractivity contribution in [1.29, 1.82) is 0 Å². The molecule has 0 amide bonds. The molecule has 5 nitrogen and oxygen atoms in total. The zero-order valence-corrected chi connectivity index (χ0v) is 9.34. The lowest BCUT2D eigenvalue weighted by molar-refractivity contribution is -0.0789. The summed E-state index contributed by atoms with van der Waals surface area (Å²) in [7, 11) is 0. The lowest BCUT2D eigenvalue weighted by Crippen LogP contribution is -2.16. The fourth-order valence-corrected chi connectivity index (χ4v) is 1.79. The molecule has 0 saturated heterocycles. The molecule has 0 fully saturated rings. The van der Waals surface area contributed by atoms with Crippen LogP contribution < -0.4 is 5.43 Å². The van der Waals surface area contributed by atoms with Gasteiger partial charge in [0.05, 0.1) is 10.9 Å². The maximum absolute atomic E-state index is 11.9. The number of fused-ring (bicyclic) bond motifs is 1. The van der Waals surface area contributed by atoms with Gasteiger partial charge in [-0.15, -0.1) is 0 Å². The minimum atomic E-state index is -1.35. The molecule has 17 heavy (non-hydrogen) atoms. The Morgan fingerprint density at radius 1 is 1.59 bits per heavy atom. The SMILES string of the molecule is Cc1cc2c(=O)c(C(=O)OF)c[nH]c2c(Cl)n1. The molecule has 0 aliphatic carbocycles. The lowest BCUT2D eigenvalue weighted by atomic mass is 10.1. The van der Waals surface area contributed by atoms with Gasteiger partial charge in [0.25, 0.3) is 0 Å². The van der Waals surface area contributed by atoms with Gasteiger partial charge in [-0.1, -0.05) is 11.6 Å². The zero-order valence-electron chi connectivity index (χ0n) is 8.58. The van der Waals surface area contributed by atoms with Crippen molar-refractivity contribution in [3.63, 3.8) is 0 Å². The van der Waals surface area contributed by atoms with Crippen LogP contribution in [0.4, 0.5) is 4.53 Å². The van der Waals surface area contributed by atoms with Crippen molar-refractivity contribution < 1.29 is 14.3 Å². The van der Waals surface area contributed by atoms with E-state index in [1.165, 1.54) is 6.07 Å². The summed E-state index contributed by atoms with van der Waals surface area (Å²) in [6.07, 6.45) is 1.04. The number of nitrogens with zero attached hydrogens (tertiary/aromatic N) is 1. The normalized spacial score (nSPS) is 10.5. The highest BCUT2D eigenvalue weighted by atomic mass is 35.5. The van der Waals surface area contributed by atoms with Crippen molar-refractivity contribution in [2.24, 2.45) is 0 Å². The highest BCUT2D eigenvalue weighted by Crippen LogP contribution is 2.18. The first-order chi connectivity index (χ1) is 8.04. The van der Waals surface area contributed by atoms with E-state index in [9.17, 15) is 14.1 Å². The number of aromatic nitrogens is 2. The van der Waals surface area contributed by atoms with Gasteiger partial charge in [0, 0.05) is 16.4 Å². The van der Waals surface area contributed by atoms with Crippen LogP contribution in [0, 0.1) is 6.92 Å². The average molecular weight is 257 g/mol. The fraction of sp³-hybridized carbons (Fsp3) is 0.100. The van der Waals surface area contributed by atoms with Crippen molar-refractivity contribution in [2.75, 3.05) is 0 Å². The maximum Gasteiger partial charge on any atom is 0.384 e. The summed E-state index contributed by atoms with van der Waals surface area (Å²) in [5, 5.41) is 0.266. The molecule has 0 aromatic carbocycles. The van der Waals surface area contributed by atoms with E-state index in [1.54, 1.807) is 6.92 Å². The number of halogens is 2. The Hall–Kier alpha value is -1.95. The smallest absolute Gasteiger partial charge is 0.358 e. The molecule has 1 N–H and O–H groups in total. The number of hydrogen-bond donors (Lipinski definition) is 1. The summed E-state index contributed by atoms with van der Waals surface area (Å²) in [6, 6.07) is 1.45. The Labute approximate surface area is 99.1 Å². The molecule has 0 bridgehead atoms. The van der Waals surface area contributed by atoms with Gasteiger partial charge in [-0.25, -0.2) is 14.7 Å². The van der Waals surface area contributed by atoms with E-state index in [2.05, 4.69) is 14.9 Å². The number of pyridine rings is 2. The van der Waals surface area contributed by atoms with E-state index >= 15 is 0 Å². The molecule has 0 aliphatic rings. The molecule has 0 unspecified atom stereocenters. The molecule has 0 spiro atoms. The number of H-pyrrole nitrogens is 1. The summed E-state index contributed by atoms with van der Waals surface area (Å²) < 4.78 is 11.8. The van der Waals surface area contributed by atoms with E-state index < -0.39 is 17.0 Å². The van der Waals surface area contributed by atoms with Crippen molar-refractivity contribution in [3.8, 4) is 0 Å². The van der Waals surface area contributed by atoms with Gasteiger partial charge in [-0.05, 0) is 13.0 Å². The van der Waals surface area contributed by atoms with Crippen LogP contribution in [0.15, 0.2) is 17.1 Å². The first-order valence-electron chi connectivity index (χ1n) is 4.56. The third-order valence-corrected chi connectivity index (χ3v) is 2.52. The summed E-state index contributed by atoms with van der Waals surface area (Å²) in [6.45, 7) is 1.64. The highest BCUT2D eigenvalue weighted by Gasteiger charge is 2.16. The molecule has 2 rings (SSSR count). The lowest BCUT2D eigenvalue weighted by Gasteiger charge is -2.02. The van der Waals surface area contributed by atoms with Crippen LogP contribution in [0.5, 0.6) is 0 Å². The van der Waals surface area contributed by atoms with Crippen molar-refractivity contribution in [3.05, 3.63) is 38.9 Å². The second-order valence-corrected chi connectivity index (χ2v) is 3.73. The van der Waals surface area contributed by atoms with E-state index in [0.29, 0.717) is 5.69 Å². The molecule has 0 aliphatic heterocycles. The number of carbonyl (C=O) groups is 1. The van der Waals surface area contributed by atoms with Crippen LogP contribution in [0.3, 0.4) is 0 Å². The third kappa shape index (κ3) is 1.87. The van der Waals surface area contributed by atoms with Gasteiger partial charge in [0.15, 0.2) is 5.15 Å². The number of aryl methyl sites for hydroxylation is 1. The van der Waals surface area contributed by atoms with Crippen molar-refractivity contribution in [1.82, 2.24) is 9.97 Å². The number of rotatable bonds is 1. The first kappa shape index (κ1) is 11.5. The minimum absolute atomic E-state index is 0.109. The van der Waals surface area contributed by atoms with E-state index in [-0.39, 0.29) is 16.1 Å². The monoisotopic (exact) mass is 256 g/mol. The highest BCUT2D eigenvalue weighted by molar-refractivity contribution is 6.33. The van der Waals surface area contributed by atoms with Crippen LogP contribution in [-0.4, -0.2) is 15.9 Å². The largest absolute Gasteiger partial charge is 0.384 e. The van der Waals surface area contributed by atoms with Crippen LogP contribution in [0.25, 0.3) is 10.9 Å². The molecule has 2 heterocycles. The molecular formula is C10H6ClFN2O3. The Kier molecular flexibility index (Phi) is 2.81. The third-order valence-electron chi connectivity index (χ3n) is 2.24. The summed E-state index contributed by atoms with van der Waals surface area (Å²) in [4.78, 5) is 32.4. The van der Waals surface area contributed by atoms with Gasteiger partial charge in [0.1, 0.15) is 5.56 Å². The van der Waals surface area contributed by atoms with Crippen molar-refractivity contribution >= 4 is 28.5 Å². The van der Waals surface area contributed by atoms with Crippen LogP contribution in [-0.2, 0) is 4.94 Å². The van der Waals surface area contributed by atoms with Crippen molar-refractivity contribution in [2.45, 2.75) is 6.92 Å². The van der Waals surface area contributed by atoms with E-state index in [0.717, 1.165) is 6.20 Å². The van der Waals surface area contributed by atoms with Gasteiger partial charge < -0.3 is 4.98 Å². The standard InChI is InChI=1S/C10H6ClFN2O3/c1-4-2-5-7(9(11)14-4)13-3-6(8(5)15)10(16)17-12/h2-3H,1H3,(H,13,15). The quantitative estimate of drug-likeness (QED) is 0.792. The molecule has 7 heteroatoms. The van der Waals surface area contributed by atoms with Gasteiger partial charge in [-0.3, -0.25) is 4.79 Å². The number of hydrogen-bond acceptors (Lipinski definition) is 4. The molecule has 0 atom stereocenters.